The van der Waals surface area contributed by atoms with Gasteiger partial charge >= 0.3 is 0 Å². The second kappa shape index (κ2) is 7.25. The second-order valence-electron chi connectivity index (χ2n) is 7.42. The molecule has 0 amide bonds. The van der Waals surface area contributed by atoms with Crippen molar-refractivity contribution in [2.24, 2.45) is 0 Å². The van der Waals surface area contributed by atoms with E-state index in [9.17, 15) is 4.79 Å². The number of esters is 1. The van der Waals surface area contributed by atoms with Gasteiger partial charge in [-0.2, -0.15) is 0 Å². The lowest BCUT2D eigenvalue weighted by Gasteiger charge is -2.54. The minimum Gasteiger partial charge on any atom is -0.652 e. The molecule has 0 unspecified atom stereocenters. The molecular weight excluding hydrogens is 276 g/mol. The summed E-state index contributed by atoms with van der Waals surface area (Å²) in [5, 5.41) is 9.51. The molecule has 0 spiro atoms. The minimum absolute atomic E-state index is 0.278. The van der Waals surface area contributed by atoms with Gasteiger partial charge in [0.1, 0.15) is 0 Å². The predicted octanol–water partition coefficient (Wildman–Crippen LogP) is 4.61. The summed E-state index contributed by atoms with van der Waals surface area (Å²) in [7, 11) is 1.40. The molecule has 0 saturated carbocycles. The Hall–Kier alpha value is -1.39. The van der Waals surface area contributed by atoms with Gasteiger partial charge in [-0.05, 0) is 6.04 Å². The van der Waals surface area contributed by atoms with Crippen LogP contribution in [0.2, 0.25) is 0 Å². The van der Waals surface area contributed by atoms with E-state index in [0.29, 0.717) is 0 Å². The van der Waals surface area contributed by atoms with E-state index in [1.165, 1.54) is 7.11 Å². The van der Waals surface area contributed by atoms with E-state index < -0.39 is 6.04 Å². The Morgan fingerprint density at radius 1 is 0.955 bits per heavy atom. The van der Waals surface area contributed by atoms with Gasteiger partial charge < -0.3 is 15.4 Å². The van der Waals surface area contributed by atoms with E-state index in [4.69, 9.17) is 10.1 Å². The molecule has 0 heterocycles. The number of carbonyl (C=O) groups is 1. The van der Waals surface area contributed by atoms with Gasteiger partial charge in [-0.3, -0.25) is 4.79 Å². The Balaban J connectivity index is 3.21. The molecule has 2 atom stereocenters. The Morgan fingerprint density at radius 3 is 1.86 bits per heavy atom. The summed E-state index contributed by atoms with van der Waals surface area (Å²) < 4.78 is 4.98. The third-order valence-corrected chi connectivity index (χ3v) is 2.94. The van der Waals surface area contributed by atoms with E-state index >= 15 is 0 Å². The first-order chi connectivity index (χ1) is 10.0. The highest BCUT2D eigenvalue weighted by molar-refractivity contribution is 5.80. The number of ether oxygens (including phenoxy) is 1. The Kier molecular flexibility index (Phi) is 6.15. The standard InChI is InChI=1S/C18H28N2O2/c1-17(2,3)19-14(13-11-9-8-10-12-13)15(16(21)22-7)20-18(4,5)6/h8-12,14-15H,1-7H3/q-2/t14-,15+/m1/s1. The van der Waals surface area contributed by atoms with Crippen LogP contribution in [0.15, 0.2) is 30.3 Å². The number of benzene rings is 1. The number of carbonyl (C=O) groups excluding carboxylic acids is 1. The second-order valence-corrected chi connectivity index (χ2v) is 7.42. The summed E-state index contributed by atoms with van der Waals surface area (Å²) in [5.74, 6) is -0.350. The average Bonchev–Trinajstić information content (AvgIpc) is 2.40. The molecule has 1 aromatic rings. The van der Waals surface area contributed by atoms with Gasteiger partial charge in [0.25, 0.3) is 5.97 Å². The highest BCUT2D eigenvalue weighted by atomic mass is 16.5. The zero-order valence-electron chi connectivity index (χ0n) is 14.8. The zero-order chi connectivity index (χ0) is 17.0. The average molecular weight is 304 g/mol. The number of methoxy groups -OCH3 is 1. The van der Waals surface area contributed by atoms with Crippen LogP contribution in [-0.4, -0.2) is 30.2 Å². The van der Waals surface area contributed by atoms with Crippen molar-refractivity contribution in [1.29, 1.82) is 0 Å². The van der Waals surface area contributed by atoms with Crippen LogP contribution in [0, 0.1) is 0 Å². The Morgan fingerprint density at radius 2 is 1.45 bits per heavy atom. The molecular formula is C18H28N2O2-2. The molecule has 0 N–H and O–H groups in total. The molecule has 1 aromatic carbocycles. The molecule has 0 bridgehead atoms. The van der Waals surface area contributed by atoms with Gasteiger partial charge in [-0.15, -0.1) is 17.1 Å². The summed E-state index contributed by atoms with van der Waals surface area (Å²) in [6.45, 7) is 12.0. The highest BCUT2D eigenvalue weighted by Crippen LogP contribution is 2.38. The molecule has 0 saturated heterocycles. The van der Waals surface area contributed by atoms with E-state index in [-0.39, 0.29) is 23.1 Å². The van der Waals surface area contributed by atoms with Crippen LogP contribution in [-0.2, 0) is 9.53 Å². The van der Waals surface area contributed by atoms with Crippen LogP contribution in [0.5, 0.6) is 0 Å². The molecule has 0 aliphatic carbocycles. The van der Waals surface area contributed by atoms with Crippen molar-refractivity contribution in [2.75, 3.05) is 7.11 Å². The topological polar surface area (TPSA) is 54.5 Å². The van der Waals surface area contributed by atoms with Gasteiger partial charge in [-0.25, -0.2) is 0 Å². The quantitative estimate of drug-likeness (QED) is 0.746. The van der Waals surface area contributed by atoms with E-state index in [1.807, 2.05) is 71.9 Å². The summed E-state index contributed by atoms with van der Waals surface area (Å²) in [4.78, 5) is 12.3. The van der Waals surface area contributed by atoms with Crippen molar-refractivity contribution in [1.82, 2.24) is 0 Å². The fourth-order valence-electron chi connectivity index (χ4n) is 2.19. The molecule has 124 valence electrons. The van der Waals surface area contributed by atoms with Crippen molar-refractivity contribution >= 4 is 5.97 Å². The lowest BCUT2D eigenvalue weighted by Crippen LogP contribution is -2.36. The molecule has 4 heteroatoms. The molecule has 0 aliphatic rings. The lowest BCUT2D eigenvalue weighted by atomic mass is 9.93. The molecule has 0 fully saturated rings. The van der Waals surface area contributed by atoms with Crippen molar-refractivity contribution < 1.29 is 9.53 Å². The van der Waals surface area contributed by atoms with E-state index in [2.05, 4.69) is 5.32 Å². The van der Waals surface area contributed by atoms with Crippen molar-refractivity contribution in [3.05, 3.63) is 46.5 Å². The monoisotopic (exact) mass is 304 g/mol. The largest absolute Gasteiger partial charge is 0.652 e. The fourth-order valence-corrected chi connectivity index (χ4v) is 2.19. The summed E-state index contributed by atoms with van der Waals surface area (Å²) in [6.07, 6.45) is 0. The van der Waals surface area contributed by atoms with Crippen LogP contribution in [0.3, 0.4) is 0 Å². The number of nitrogens with zero attached hydrogens (tertiary/aromatic N) is 2. The first kappa shape index (κ1) is 18.7. The van der Waals surface area contributed by atoms with Gasteiger partial charge in [0.05, 0.1) is 7.11 Å². The van der Waals surface area contributed by atoms with Crippen LogP contribution >= 0.6 is 0 Å². The summed E-state index contributed by atoms with van der Waals surface area (Å²) in [6, 6.07) is 8.81. The van der Waals surface area contributed by atoms with Gasteiger partial charge in [0, 0.05) is 0 Å². The SMILES string of the molecule is COC(=O)[C@@H]([N-]C(C)(C)C)[C@H]([N-]C(C)(C)C)c1ccccc1. The van der Waals surface area contributed by atoms with E-state index in [1.54, 1.807) is 0 Å². The molecule has 4 nitrogen and oxygen atoms in total. The van der Waals surface area contributed by atoms with Crippen LogP contribution < -0.4 is 0 Å². The van der Waals surface area contributed by atoms with Crippen LogP contribution in [0.4, 0.5) is 0 Å². The third-order valence-electron chi connectivity index (χ3n) is 2.94. The molecule has 22 heavy (non-hydrogen) atoms. The predicted molar refractivity (Wildman–Crippen MR) is 91.2 cm³/mol. The van der Waals surface area contributed by atoms with Gasteiger partial charge in [0.15, 0.2) is 0 Å². The third kappa shape index (κ3) is 6.16. The first-order valence-electron chi connectivity index (χ1n) is 7.60. The fraction of sp³-hybridized carbons (Fsp3) is 0.611. The highest BCUT2D eigenvalue weighted by Gasteiger charge is 2.20. The van der Waals surface area contributed by atoms with Crippen LogP contribution in [0.1, 0.15) is 53.1 Å². The van der Waals surface area contributed by atoms with Gasteiger partial charge in [-0.1, -0.05) is 77.4 Å². The molecule has 0 radical (unpaired) electrons. The van der Waals surface area contributed by atoms with E-state index in [0.717, 1.165) is 5.56 Å². The lowest BCUT2D eigenvalue weighted by molar-refractivity contribution is -0.141. The molecule has 0 aliphatic heterocycles. The first-order valence-corrected chi connectivity index (χ1v) is 7.60. The zero-order valence-corrected chi connectivity index (χ0v) is 14.8. The van der Waals surface area contributed by atoms with Crippen LogP contribution in [0.25, 0.3) is 10.6 Å². The van der Waals surface area contributed by atoms with Gasteiger partial charge in [0.2, 0.25) is 0 Å². The summed E-state index contributed by atoms with van der Waals surface area (Å²) >= 11 is 0. The normalized spacial score (nSPS) is 15.2. The number of hydrogen-bond donors (Lipinski definition) is 0. The maximum Gasteiger partial charge on any atom is 0.286 e. The Bertz CT molecular complexity index is 472. The molecule has 0 aromatic heterocycles. The molecule has 1 rings (SSSR count). The number of hydrogen-bond acceptors (Lipinski definition) is 2. The maximum atomic E-state index is 12.3. The minimum atomic E-state index is -0.647. The number of rotatable bonds is 5. The van der Waals surface area contributed by atoms with Crippen molar-refractivity contribution in [2.45, 2.75) is 64.7 Å². The van der Waals surface area contributed by atoms with Crippen molar-refractivity contribution in [3.8, 4) is 0 Å². The maximum absolute atomic E-state index is 12.3. The van der Waals surface area contributed by atoms with Crippen molar-refractivity contribution in [3.63, 3.8) is 0 Å². The summed E-state index contributed by atoms with van der Waals surface area (Å²) in [5.41, 5.74) is 0.347. The Labute approximate surface area is 134 Å². The smallest absolute Gasteiger partial charge is 0.286 e.